The molecule has 7 heteroatoms. The summed E-state index contributed by atoms with van der Waals surface area (Å²) in [6.07, 6.45) is 5.56. The number of ether oxygens (including phenoxy) is 1. The summed E-state index contributed by atoms with van der Waals surface area (Å²) < 4.78 is 7.18. The van der Waals surface area contributed by atoms with Crippen LogP contribution in [0.25, 0.3) is 5.69 Å². The quantitative estimate of drug-likeness (QED) is 0.463. The Morgan fingerprint density at radius 1 is 0.793 bits per heavy atom. The van der Waals surface area contributed by atoms with E-state index in [0.29, 0.717) is 19.6 Å². The van der Waals surface area contributed by atoms with Crippen molar-refractivity contribution >= 4 is 0 Å². The summed E-state index contributed by atoms with van der Waals surface area (Å²) in [6.45, 7) is 2.01. The van der Waals surface area contributed by atoms with Gasteiger partial charge in [-0.1, -0.05) is 29.5 Å². The fourth-order valence-corrected chi connectivity index (χ4v) is 3.15. The molecule has 0 radical (unpaired) electrons. The van der Waals surface area contributed by atoms with Gasteiger partial charge in [0, 0.05) is 32.0 Å². The number of pyridine rings is 2. The average Bonchev–Trinajstić information content (AvgIpc) is 3.23. The highest BCUT2D eigenvalue weighted by atomic mass is 16.5. The van der Waals surface area contributed by atoms with Crippen molar-refractivity contribution in [1.29, 1.82) is 0 Å². The highest BCUT2D eigenvalue weighted by Gasteiger charge is 2.13. The molecule has 0 fully saturated rings. The molecule has 0 aliphatic heterocycles. The lowest BCUT2D eigenvalue weighted by Crippen LogP contribution is -2.23. The zero-order chi connectivity index (χ0) is 19.9. The van der Waals surface area contributed by atoms with Gasteiger partial charge in [-0.2, -0.15) is 0 Å². The Morgan fingerprint density at radius 3 is 2.03 bits per heavy atom. The van der Waals surface area contributed by atoms with E-state index in [4.69, 9.17) is 4.74 Å². The van der Waals surface area contributed by atoms with Crippen LogP contribution in [0, 0.1) is 0 Å². The topological polar surface area (TPSA) is 69.0 Å². The Kier molecular flexibility index (Phi) is 5.87. The van der Waals surface area contributed by atoms with Gasteiger partial charge in [-0.25, -0.2) is 4.68 Å². The molecular formula is C22H22N6O. The highest BCUT2D eigenvalue weighted by molar-refractivity contribution is 5.45. The van der Waals surface area contributed by atoms with Crippen LogP contribution in [0.3, 0.4) is 0 Å². The van der Waals surface area contributed by atoms with Crippen molar-refractivity contribution in [3.63, 3.8) is 0 Å². The molecular weight excluding hydrogens is 364 g/mol. The van der Waals surface area contributed by atoms with Crippen LogP contribution in [0.2, 0.25) is 0 Å². The third-order valence-corrected chi connectivity index (χ3v) is 4.48. The van der Waals surface area contributed by atoms with Crippen molar-refractivity contribution in [1.82, 2.24) is 29.9 Å². The number of hydrogen-bond acceptors (Lipinski definition) is 6. The number of aromatic nitrogens is 5. The fraction of sp³-hybridized carbons (Fsp3) is 0.182. The molecule has 0 aliphatic carbocycles. The first-order chi connectivity index (χ1) is 14.3. The average molecular weight is 386 g/mol. The van der Waals surface area contributed by atoms with Gasteiger partial charge in [0.15, 0.2) is 0 Å². The van der Waals surface area contributed by atoms with Gasteiger partial charge >= 0.3 is 0 Å². The number of para-hydroxylation sites is 2. The monoisotopic (exact) mass is 386 g/mol. The van der Waals surface area contributed by atoms with Gasteiger partial charge in [0.25, 0.3) is 0 Å². The maximum atomic E-state index is 5.43. The van der Waals surface area contributed by atoms with Crippen LogP contribution in [-0.4, -0.2) is 37.0 Å². The second-order valence-corrected chi connectivity index (χ2v) is 6.61. The lowest BCUT2D eigenvalue weighted by molar-refractivity contribution is 0.238. The molecule has 29 heavy (non-hydrogen) atoms. The smallest absolute Gasteiger partial charge is 0.144 e. The minimum atomic E-state index is 0.627. The van der Waals surface area contributed by atoms with Gasteiger partial charge in [0.1, 0.15) is 11.4 Å². The Balaban J connectivity index is 1.55. The minimum Gasteiger partial charge on any atom is -0.494 e. The van der Waals surface area contributed by atoms with E-state index in [9.17, 15) is 0 Å². The summed E-state index contributed by atoms with van der Waals surface area (Å²) in [5.74, 6) is 0.753. The zero-order valence-electron chi connectivity index (χ0n) is 16.2. The molecule has 3 aromatic heterocycles. The number of benzene rings is 1. The molecule has 0 unspecified atom stereocenters. The fourth-order valence-electron chi connectivity index (χ4n) is 3.15. The standard InChI is InChI=1S/C22H22N6O/c1-29-22-11-3-2-10-21(22)28-17-20(25-26-28)16-27(14-18-8-4-6-12-23-18)15-19-9-5-7-13-24-19/h2-13,17H,14-16H2,1H3. The van der Waals surface area contributed by atoms with Gasteiger partial charge in [0.2, 0.25) is 0 Å². The van der Waals surface area contributed by atoms with Gasteiger partial charge in [-0.3, -0.25) is 14.9 Å². The van der Waals surface area contributed by atoms with Crippen LogP contribution in [0.5, 0.6) is 5.75 Å². The molecule has 0 spiro atoms. The van der Waals surface area contributed by atoms with Crippen molar-refractivity contribution in [2.75, 3.05) is 7.11 Å². The molecule has 4 rings (SSSR count). The second-order valence-electron chi connectivity index (χ2n) is 6.61. The Labute approximate surface area is 169 Å². The first kappa shape index (κ1) is 18.8. The molecule has 0 atom stereocenters. The van der Waals surface area contributed by atoms with Crippen LogP contribution >= 0.6 is 0 Å². The molecule has 0 aliphatic rings. The number of methoxy groups -OCH3 is 1. The summed E-state index contributed by atoms with van der Waals surface area (Å²) in [5.41, 5.74) is 3.72. The van der Waals surface area contributed by atoms with Gasteiger partial charge < -0.3 is 4.74 Å². The molecule has 3 heterocycles. The van der Waals surface area contributed by atoms with Crippen LogP contribution in [0.1, 0.15) is 17.1 Å². The largest absolute Gasteiger partial charge is 0.494 e. The molecule has 1 aromatic carbocycles. The van der Waals surface area contributed by atoms with Crippen LogP contribution < -0.4 is 4.74 Å². The lowest BCUT2D eigenvalue weighted by atomic mass is 10.2. The van der Waals surface area contributed by atoms with E-state index in [1.807, 2.05) is 79.3 Å². The van der Waals surface area contributed by atoms with Crippen molar-refractivity contribution < 1.29 is 4.74 Å². The number of hydrogen-bond donors (Lipinski definition) is 0. The number of rotatable bonds is 8. The second kappa shape index (κ2) is 9.07. The van der Waals surface area contributed by atoms with Gasteiger partial charge in [-0.15, -0.1) is 5.10 Å². The van der Waals surface area contributed by atoms with E-state index in [0.717, 1.165) is 28.5 Å². The number of nitrogens with zero attached hydrogens (tertiary/aromatic N) is 6. The summed E-state index contributed by atoms with van der Waals surface area (Å²) in [5, 5.41) is 8.66. The van der Waals surface area contributed by atoms with Crippen molar-refractivity contribution in [3.8, 4) is 11.4 Å². The molecule has 0 N–H and O–H groups in total. The van der Waals surface area contributed by atoms with Crippen molar-refractivity contribution in [3.05, 3.63) is 96.3 Å². The zero-order valence-corrected chi connectivity index (χ0v) is 16.2. The predicted molar refractivity (Wildman–Crippen MR) is 109 cm³/mol. The molecule has 0 saturated carbocycles. The molecule has 4 aromatic rings. The molecule has 146 valence electrons. The SMILES string of the molecule is COc1ccccc1-n1cc(CN(Cc2ccccn2)Cc2ccccn2)nn1. The Bertz CT molecular complexity index is 994. The summed E-state index contributed by atoms with van der Waals surface area (Å²) in [6, 6.07) is 19.6. The van der Waals surface area contributed by atoms with Crippen molar-refractivity contribution in [2.45, 2.75) is 19.6 Å². The maximum Gasteiger partial charge on any atom is 0.144 e. The van der Waals surface area contributed by atoms with Crippen LogP contribution in [-0.2, 0) is 19.6 Å². The van der Waals surface area contributed by atoms with Gasteiger partial charge in [-0.05, 0) is 36.4 Å². The Morgan fingerprint density at radius 2 is 1.41 bits per heavy atom. The van der Waals surface area contributed by atoms with Crippen LogP contribution in [0.15, 0.2) is 79.3 Å². The normalized spacial score (nSPS) is 11.0. The van der Waals surface area contributed by atoms with E-state index < -0.39 is 0 Å². The highest BCUT2D eigenvalue weighted by Crippen LogP contribution is 2.21. The van der Waals surface area contributed by atoms with Crippen LogP contribution in [0.4, 0.5) is 0 Å². The van der Waals surface area contributed by atoms with E-state index in [2.05, 4.69) is 25.2 Å². The summed E-state index contributed by atoms with van der Waals surface area (Å²) in [7, 11) is 1.65. The summed E-state index contributed by atoms with van der Waals surface area (Å²) in [4.78, 5) is 11.2. The maximum absolute atomic E-state index is 5.43. The molecule has 7 nitrogen and oxygen atoms in total. The van der Waals surface area contributed by atoms with Crippen molar-refractivity contribution in [2.24, 2.45) is 0 Å². The Hall–Kier alpha value is -3.58. The predicted octanol–water partition coefficient (Wildman–Crippen LogP) is 3.27. The third-order valence-electron chi connectivity index (χ3n) is 4.48. The van der Waals surface area contributed by atoms with E-state index in [1.165, 1.54) is 0 Å². The first-order valence-corrected chi connectivity index (χ1v) is 9.38. The first-order valence-electron chi connectivity index (χ1n) is 9.38. The molecule has 0 bridgehead atoms. The molecule has 0 saturated heterocycles. The summed E-state index contributed by atoms with van der Waals surface area (Å²) >= 11 is 0. The molecule has 0 amide bonds. The van der Waals surface area contributed by atoms with E-state index >= 15 is 0 Å². The van der Waals surface area contributed by atoms with E-state index in [-0.39, 0.29) is 0 Å². The van der Waals surface area contributed by atoms with E-state index in [1.54, 1.807) is 11.8 Å². The lowest BCUT2D eigenvalue weighted by Gasteiger charge is -2.20. The third kappa shape index (κ3) is 4.83. The van der Waals surface area contributed by atoms with Gasteiger partial charge in [0.05, 0.1) is 30.4 Å². The minimum absolute atomic E-state index is 0.627.